The van der Waals surface area contributed by atoms with E-state index in [-0.39, 0.29) is 0 Å². The number of amidine groups is 1. The Labute approximate surface area is 109 Å². The highest BCUT2D eigenvalue weighted by Crippen LogP contribution is 2.40. The van der Waals surface area contributed by atoms with E-state index in [1.54, 1.807) is 0 Å². The summed E-state index contributed by atoms with van der Waals surface area (Å²) in [5.41, 5.74) is 0.408. The van der Waals surface area contributed by atoms with Crippen LogP contribution < -0.4 is 5.32 Å². The lowest BCUT2D eigenvalue weighted by Gasteiger charge is -2.35. The molecular formula is C14H24N2S. The first-order valence-corrected chi connectivity index (χ1v) is 8.11. The molecule has 2 saturated carbocycles. The summed E-state index contributed by atoms with van der Waals surface area (Å²) < 4.78 is 0. The fourth-order valence-corrected chi connectivity index (χ4v) is 4.26. The third-order valence-corrected chi connectivity index (χ3v) is 6.04. The van der Waals surface area contributed by atoms with Crippen molar-refractivity contribution >= 4 is 16.9 Å². The molecule has 0 bridgehead atoms. The van der Waals surface area contributed by atoms with Gasteiger partial charge in [0.05, 0.1) is 0 Å². The van der Waals surface area contributed by atoms with E-state index in [2.05, 4.69) is 19.2 Å². The van der Waals surface area contributed by atoms with Crippen LogP contribution in [0.3, 0.4) is 0 Å². The maximum absolute atomic E-state index is 4.77. The molecule has 3 aliphatic rings. The fourth-order valence-electron chi connectivity index (χ4n) is 3.03. The SMILES string of the molecule is CC1CCC2(CC1)CSC(=NCC1CC1C)N2. The van der Waals surface area contributed by atoms with Crippen LogP contribution in [-0.2, 0) is 0 Å². The van der Waals surface area contributed by atoms with Crippen molar-refractivity contribution in [1.82, 2.24) is 5.32 Å². The number of thioether (sulfide) groups is 1. The van der Waals surface area contributed by atoms with Gasteiger partial charge < -0.3 is 5.32 Å². The zero-order chi connectivity index (χ0) is 11.9. The van der Waals surface area contributed by atoms with E-state index in [0.717, 1.165) is 24.3 Å². The molecule has 96 valence electrons. The molecular weight excluding hydrogens is 228 g/mol. The number of aliphatic imine (C=N–C) groups is 1. The van der Waals surface area contributed by atoms with Crippen molar-refractivity contribution in [3.63, 3.8) is 0 Å². The summed E-state index contributed by atoms with van der Waals surface area (Å²) in [6.07, 6.45) is 6.87. The second-order valence-corrected chi connectivity index (χ2v) is 7.46. The van der Waals surface area contributed by atoms with Crippen molar-refractivity contribution in [2.75, 3.05) is 12.3 Å². The van der Waals surface area contributed by atoms with Gasteiger partial charge in [0.2, 0.25) is 0 Å². The molecule has 2 unspecified atom stereocenters. The minimum atomic E-state index is 0.408. The van der Waals surface area contributed by atoms with Crippen molar-refractivity contribution in [1.29, 1.82) is 0 Å². The summed E-state index contributed by atoms with van der Waals surface area (Å²) in [7, 11) is 0. The third-order valence-electron chi connectivity index (χ3n) is 4.83. The fraction of sp³-hybridized carbons (Fsp3) is 0.929. The van der Waals surface area contributed by atoms with Gasteiger partial charge in [-0.2, -0.15) is 0 Å². The monoisotopic (exact) mass is 252 g/mol. The average Bonchev–Trinajstić information content (AvgIpc) is 2.88. The Morgan fingerprint density at radius 1 is 1.35 bits per heavy atom. The summed E-state index contributed by atoms with van der Waals surface area (Å²) in [6, 6.07) is 0. The molecule has 3 heteroatoms. The maximum atomic E-state index is 4.77. The van der Waals surface area contributed by atoms with Crippen LogP contribution in [0.1, 0.15) is 46.0 Å². The van der Waals surface area contributed by atoms with Crippen molar-refractivity contribution in [2.45, 2.75) is 51.5 Å². The van der Waals surface area contributed by atoms with Crippen LogP contribution in [0, 0.1) is 17.8 Å². The van der Waals surface area contributed by atoms with E-state index < -0.39 is 0 Å². The Hall–Kier alpha value is -0.180. The molecule has 0 aromatic rings. The number of nitrogens with one attached hydrogen (secondary N) is 1. The first-order valence-electron chi connectivity index (χ1n) is 7.12. The Morgan fingerprint density at radius 3 is 2.71 bits per heavy atom. The Kier molecular flexibility index (Phi) is 3.14. The Balaban J connectivity index is 1.54. The zero-order valence-electron chi connectivity index (χ0n) is 11.0. The van der Waals surface area contributed by atoms with Crippen LogP contribution in [0.5, 0.6) is 0 Å². The highest BCUT2D eigenvalue weighted by molar-refractivity contribution is 8.14. The average molecular weight is 252 g/mol. The minimum absolute atomic E-state index is 0.408. The van der Waals surface area contributed by atoms with E-state index in [1.165, 1.54) is 43.0 Å². The highest BCUT2D eigenvalue weighted by Gasteiger charge is 2.40. The van der Waals surface area contributed by atoms with Crippen molar-refractivity contribution in [2.24, 2.45) is 22.7 Å². The van der Waals surface area contributed by atoms with Gasteiger partial charge in [0, 0.05) is 17.8 Å². The first kappa shape index (κ1) is 11.9. The van der Waals surface area contributed by atoms with Gasteiger partial charge in [0.1, 0.15) is 0 Å². The van der Waals surface area contributed by atoms with Gasteiger partial charge in [0.25, 0.3) is 0 Å². The summed E-state index contributed by atoms with van der Waals surface area (Å²) in [5, 5.41) is 4.97. The Morgan fingerprint density at radius 2 is 2.06 bits per heavy atom. The topological polar surface area (TPSA) is 24.4 Å². The number of hydrogen-bond acceptors (Lipinski definition) is 2. The third kappa shape index (κ3) is 2.64. The lowest BCUT2D eigenvalue weighted by molar-refractivity contribution is 0.251. The van der Waals surface area contributed by atoms with Crippen LogP contribution in [0.2, 0.25) is 0 Å². The van der Waals surface area contributed by atoms with Crippen LogP contribution in [0.15, 0.2) is 4.99 Å². The first-order chi connectivity index (χ1) is 8.17. The molecule has 2 aliphatic carbocycles. The van der Waals surface area contributed by atoms with E-state index in [0.29, 0.717) is 5.54 Å². The van der Waals surface area contributed by atoms with Gasteiger partial charge in [-0.3, -0.25) is 4.99 Å². The maximum Gasteiger partial charge on any atom is 0.157 e. The quantitative estimate of drug-likeness (QED) is 0.815. The summed E-state index contributed by atoms with van der Waals surface area (Å²) in [4.78, 5) is 4.77. The summed E-state index contributed by atoms with van der Waals surface area (Å²) in [6.45, 7) is 5.78. The van der Waals surface area contributed by atoms with E-state index >= 15 is 0 Å². The molecule has 17 heavy (non-hydrogen) atoms. The molecule has 1 N–H and O–H groups in total. The van der Waals surface area contributed by atoms with E-state index in [9.17, 15) is 0 Å². The van der Waals surface area contributed by atoms with Crippen molar-refractivity contribution in [3.8, 4) is 0 Å². The highest BCUT2D eigenvalue weighted by atomic mass is 32.2. The lowest BCUT2D eigenvalue weighted by atomic mass is 9.78. The van der Waals surface area contributed by atoms with Gasteiger partial charge in [-0.1, -0.05) is 25.6 Å². The van der Waals surface area contributed by atoms with Crippen molar-refractivity contribution < 1.29 is 0 Å². The molecule has 1 heterocycles. The van der Waals surface area contributed by atoms with Crippen molar-refractivity contribution in [3.05, 3.63) is 0 Å². The molecule has 0 amide bonds. The zero-order valence-corrected chi connectivity index (χ0v) is 11.9. The second kappa shape index (κ2) is 4.49. The molecule has 0 aromatic carbocycles. The molecule has 1 aliphatic heterocycles. The molecule has 0 aromatic heterocycles. The molecule has 1 spiro atoms. The van der Waals surface area contributed by atoms with Crippen LogP contribution in [-0.4, -0.2) is 23.0 Å². The minimum Gasteiger partial charge on any atom is -0.359 e. The standard InChI is InChI=1S/C14H24N2S/c1-10-3-5-14(6-4-10)9-17-13(16-14)15-8-12-7-11(12)2/h10-12H,3-9H2,1-2H3,(H,15,16). The van der Waals surface area contributed by atoms with Crippen LogP contribution in [0.25, 0.3) is 0 Å². The summed E-state index contributed by atoms with van der Waals surface area (Å²) >= 11 is 1.96. The Bertz CT molecular complexity index is 318. The number of hydrogen-bond donors (Lipinski definition) is 1. The summed E-state index contributed by atoms with van der Waals surface area (Å²) in [5.74, 6) is 3.99. The van der Waals surface area contributed by atoms with Gasteiger partial charge in [-0.05, 0) is 49.9 Å². The van der Waals surface area contributed by atoms with Gasteiger partial charge >= 0.3 is 0 Å². The molecule has 2 atom stereocenters. The van der Waals surface area contributed by atoms with E-state index in [4.69, 9.17) is 4.99 Å². The molecule has 2 nitrogen and oxygen atoms in total. The molecule has 1 saturated heterocycles. The number of nitrogens with zero attached hydrogens (tertiary/aromatic N) is 1. The normalized spacial score (nSPS) is 47.4. The van der Waals surface area contributed by atoms with Crippen LogP contribution >= 0.6 is 11.8 Å². The lowest BCUT2D eigenvalue weighted by Crippen LogP contribution is -2.46. The predicted octanol–water partition coefficient (Wildman–Crippen LogP) is 3.28. The van der Waals surface area contributed by atoms with Gasteiger partial charge in [0.15, 0.2) is 5.17 Å². The molecule has 3 rings (SSSR count). The van der Waals surface area contributed by atoms with Gasteiger partial charge in [-0.25, -0.2) is 0 Å². The van der Waals surface area contributed by atoms with Crippen LogP contribution in [0.4, 0.5) is 0 Å². The second-order valence-electron chi connectivity index (χ2n) is 6.50. The molecule has 3 fully saturated rings. The smallest absolute Gasteiger partial charge is 0.157 e. The number of rotatable bonds is 2. The van der Waals surface area contributed by atoms with Gasteiger partial charge in [-0.15, -0.1) is 0 Å². The largest absolute Gasteiger partial charge is 0.359 e. The van der Waals surface area contributed by atoms with E-state index in [1.807, 2.05) is 11.8 Å². The molecule has 0 radical (unpaired) electrons. The predicted molar refractivity (Wildman–Crippen MR) is 75.5 cm³/mol.